The van der Waals surface area contributed by atoms with Crippen LogP contribution in [-0.4, -0.2) is 6.26 Å². The first kappa shape index (κ1) is 15.3. The molecule has 0 saturated heterocycles. The highest BCUT2D eigenvalue weighted by molar-refractivity contribution is 7.98. The van der Waals surface area contributed by atoms with Crippen molar-refractivity contribution in [1.82, 2.24) is 0 Å². The van der Waals surface area contributed by atoms with E-state index in [-0.39, 0.29) is 0 Å². The van der Waals surface area contributed by atoms with Crippen molar-refractivity contribution in [3.63, 3.8) is 0 Å². The highest BCUT2D eigenvalue weighted by Crippen LogP contribution is 2.44. The van der Waals surface area contributed by atoms with Crippen molar-refractivity contribution in [3.05, 3.63) is 63.6 Å². The van der Waals surface area contributed by atoms with E-state index in [0.29, 0.717) is 15.6 Å². The van der Waals surface area contributed by atoms with Crippen LogP contribution in [0, 0.1) is 0 Å². The van der Waals surface area contributed by atoms with Gasteiger partial charge < -0.3 is 0 Å². The zero-order chi connectivity index (χ0) is 14.0. The molecule has 0 nitrogen and oxygen atoms in total. The van der Waals surface area contributed by atoms with Gasteiger partial charge in [0.05, 0.1) is 0 Å². The molecule has 0 fully saturated rings. The molecule has 2 aromatic rings. The summed E-state index contributed by atoms with van der Waals surface area (Å²) in [6.45, 7) is 0. The fourth-order valence-electron chi connectivity index (χ4n) is 1.70. The fraction of sp³-hybridized carbons (Fsp3) is 0.143. The first-order valence-electron chi connectivity index (χ1n) is 5.43. The number of thioether (sulfide) groups is 1. The quantitative estimate of drug-likeness (QED) is 0.455. The molecular weight excluding hydrogens is 342 g/mol. The van der Waals surface area contributed by atoms with Crippen LogP contribution < -0.4 is 0 Å². The molecule has 0 aliphatic rings. The number of hydrogen-bond acceptors (Lipinski definition) is 1. The lowest BCUT2D eigenvalue weighted by Gasteiger charge is -2.22. The van der Waals surface area contributed by atoms with Crippen LogP contribution in [0.5, 0.6) is 0 Å². The second-order valence-electron chi connectivity index (χ2n) is 3.93. The lowest BCUT2D eigenvalue weighted by atomic mass is 10.0. The summed E-state index contributed by atoms with van der Waals surface area (Å²) in [5.74, 6) is 0. The van der Waals surface area contributed by atoms with E-state index in [1.807, 2.05) is 30.5 Å². The molecule has 5 heteroatoms. The summed E-state index contributed by atoms with van der Waals surface area (Å²) in [6, 6.07) is 12.8. The maximum atomic E-state index is 6.47. The van der Waals surface area contributed by atoms with Gasteiger partial charge in [0.25, 0.3) is 0 Å². The van der Waals surface area contributed by atoms with Gasteiger partial charge in [-0.3, -0.25) is 0 Å². The molecular formula is C14H10Cl4S. The van der Waals surface area contributed by atoms with Crippen LogP contribution in [0.2, 0.25) is 10.0 Å². The van der Waals surface area contributed by atoms with Crippen LogP contribution >= 0.6 is 58.2 Å². The SMILES string of the molecule is CSc1ccc(C(Cl)(Cl)c2ccc(Cl)cc2Cl)cc1. The van der Waals surface area contributed by atoms with Gasteiger partial charge in [-0.05, 0) is 36.1 Å². The lowest BCUT2D eigenvalue weighted by Crippen LogP contribution is -2.12. The summed E-state index contributed by atoms with van der Waals surface area (Å²) < 4.78 is -1.20. The van der Waals surface area contributed by atoms with Crippen LogP contribution in [-0.2, 0) is 4.33 Å². The van der Waals surface area contributed by atoms with Crippen molar-refractivity contribution in [2.45, 2.75) is 9.23 Å². The topological polar surface area (TPSA) is 0 Å². The third kappa shape index (κ3) is 3.34. The molecule has 2 aromatic carbocycles. The largest absolute Gasteiger partial charge is 0.169 e. The maximum absolute atomic E-state index is 6.47. The minimum atomic E-state index is -1.20. The molecule has 0 atom stereocenters. The average molecular weight is 352 g/mol. The first-order valence-corrected chi connectivity index (χ1v) is 8.16. The van der Waals surface area contributed by atoms with Gasteiger partial charge in [-0.1, -0.05) is 64.6 Å². The number of halogens is 4. The Morgan fingerprint density at radius 1 is 0.947 bits per heavy atom. The molecule has 0 heterocycles. The van der Waals surface area contributed by atoms with Gasteiger partial charge in [-0.25, -0.2) is 0 Å². The summed E-state index contributed by atoms with van der Waals surface area (Å²) >= 11 is 26.6. The van der Waals surface area contributed by atoms with Crippen LogP contribution in [0.25, 0.3) is 0 Å². The molecule has 0 bridgehead atoms. The lowest BCUT2D eigenvalue weighted by molar-refractivity contribution is 1.03. The van der Waals surface area contributed by atoms with Crippen molar-refractivity contribution >= 4 is 58.2 Å². The van der Waals surface area contributed by atoms with Gasteiger partial charge in [0.1, 0.15) is 0 Å². The molecule has 0 aliphatic heterocycles. The Kier molecular flexibility index (Phi) is 4.97. The Hall–Kier alpha value is -0.0500. The Balaban J connectivity index is 2.45. The number of rotatable bonds is 3. The van der Waals surface area contributed by atoms with Crippen molar-refractivity contribution in [2.75, 3.05) is 6.26 Å². The number of benzene rings is 2. The molecule has 2 rings (SSSR count). The summed E-state index contributed by atoms with van der Waals surface area (Å²) in [6.07, 6.45) is 2.01. The Labute approximate surface area is 137 Å². The third-order valence-corrected chi connectivity index (χ3v) is 4.86. The second-order valence-corrected chi connectivity index (χ2v) is 6.98. The monoisotopic (exact) mass is 350 g/mol. The van der Waals surface area contributed by atoms with E-state index in [2.05, 4.69) is 0 Å². The molecule has 0 aliphatic carbocycles. The van der Waals surface area contributed by atoms with Crippen LogP contribution in [0.3, 0.4) is 0 Å². The number of alkyl halides is 2. The smallest absolute Gasteiger partial charge is 0.130 e. The van der Waals surface area contributed by atoms with Gasteiger partial charge in [-0.2, -0.15) is 0 Å². The minimum Gasteiger partial charge on any atom is -0.130 e. The Bertz CT molecular complexity index is 578. The highest BCUT2D eigenvalue weighted by Gasteiger charge is 2.31. The fourth-order valence-corrected chi connectivity index (χ4v) is 3.34. The van der Waals surface area contributed by atoms with Crippen molar-refractivity contribution < 1.29 is 0 Å². The normalized spacial score (nSPS) is 11.6. The van der Waals surface area contributed by atoms with Crippen LogP contribution in [0.15, 0.2) is 47.4 Å². The molecule has 0 radical (unpaired) electrons. The zero-order valence-corrected chi connectivity index (χ0v) is 13.8. The highest BCUT2D eigenvalue weighted by atomic mass is 35.5. The minimum absolute atomic E-state index is 0.450. The molecule has 100 valence electrons. The Morgan fingerprint density at radius 3 is 2.11 bits per heavy atom. The first-order chi connectivity index (χ1) is 8.95. The van der Waals surface area contributed by atoms with Crippen molar-refractivity contribution in [2.24, 2.45) is 0 Å². The van der Waals surface area contributed by atoms with Gasteiger partial charge >= 0.3 is 0 Å². The summed E-state index contributed by atoms with van der Waals surface area (Å²) in [7, 11) is 0. The molecule has 0 saturated carbocycles. The van der Waals surface area contributed by atoms with Crippen molar-refractivity contribution in [3.8, 4) is 0 Å². The van der Waals surface area contributed by atoms with E-state index in [0.717, 1.165) is 10.5 Å². The van der Waals surface area contributed by atoms with Crippen LogP contribution in [0.1, 0.15) is 11.1 Å². The van der Waals surface area contributed by atoms with Gasteiger partial charge in [0, 0.05) is 20.5 Å². The Morgan fingerprint density at radius 2 is 1.58 bits per heavy atom. The number of hydrogen-bond donors (Lipinski definition) is 0. The second kappa shape index (κ2) is 6.15. The van der Waals surface area contributed by atoms with Crippen molar-refractivity contribution in [1.29, 1.82) is 0 Å². The molecule has 0 aromatic heterocycles. The van der Waals surface area contributed by atoms with E-state index >= 15 is 0 Å². The molecule has 0 amide bonds. The van der Waals surface area contributed by atoms with Gasteiger partial charge in [0.15, 0.2) is 4.33 Å². The predicted molar refractivity (Wildman–Crippen MR) is 87.2 cm³/mol. The van der Waals surface area contributed by atoms with E-state index in [1.54, 1.807) is 30.0 Å². The standard InChI is InChI=1S/C14H10Cl4S/c1-19-11-5-2-9(3-6-11)14(17,18)12-7-4-10(15)8-13(12)16/h2-8H,1H3. The third-order valence-electron chi connectivity index (χ3n) is 2.72. The molecule has 19 heavy (non-hydrogen) atoms. The summed E-state index contributed by atoms with van der Waals surface area (Å²) in [5.41, 5.74) is 1.40. The summed E-state index contributed by atoms with van der Waals surface area (Å²) in [5, 5.41) is 1.00. The molecule has 0 unspecified atom stereocenters. The zero-order valence-electron chi connectivity index (χ0n) is 9.96. The van der Waals surface area contributed by atoms with Gasteiger partial charge in [-0.15, -0.1) is 11.8 Å². The molecule has 0 N–H and O–H groups in total. The van der Waals surface area contributed by atoms with Crippen LogP contribution in [0.4, 0.5) is 0 Å². The van der Waals surface area contributed by atoms with E-state index in [1.165, 1.54) is 0 Å². The van der Waals surface area contributed by atoms with E-state index in [4.69, 9.17) is 46.4 Å². The maximum Gasteiger partial charge on any atom is 0.169 e. The summed E-state index contributed by atoms with van der Waals surface area (Å²) in [4.78, 5) is 1.15. The predicted octanol–water partition coefficient (Wildman–Crippen LogP) is 6.39. The van der Waals surface area contributed by atoms with E-state index < -0.39 is 4.33 Å². The van der Waals surface area contributed by atoms with Gasteiger partial charge in [0.2, 0.25) is 0 Å². The van der Waals surface area contributed by atoms with E-state index in [9.17, 15) is 0 Å². The average Bonchev–Trinajstić information content (AvgIpc) is 2.38. The molecule has 0 spiro atoms.